The van der Waals surface area contributed by atoms with Gasteiger partial charge in [0, 0.05) is 19.1 Å². The second-order valence-corrected chi connectivity index (χ2v) is 9.11. The first kappa shape index (κ1) is 21.5. The molecular formula is C21H20ClN7O3S. The van der Waals surface area contributed by atoms with E-state index in [-0.39, 0.29) is 11.6 Å². The van der Waals surface area contributed by atoms with Crippen molar-refractivity contribution in [2.24, 2.45) is 0 Å². The molecular weight excluding hydrogens is 466 g/mol. The Morgan fingerprint density at radius 2 is 2.06 bits per heavy atom. The molecule has 1 atom stereocenters. The molecule has 0 aliphatic carbocycles. The van der Waals surface area contributed by atoms with Crippen molar-refractivity contribution in [3.8, 4) is 0 Å². The summed E-state index contributed by atoms with van der Waals surface area (Å²) in [6.45, 7) is 2.60. The fourth-order valence-corrected chi connectivity index (χ4v) is 5.14. The number of thiazole rings is 1. The van der Waals surface area contributed by atoms with E-state index in [1.807, 2.05) is 6.92 Å². The second-order valence-electron chi connectivity index (χ2n) is 7.87. The number of amides is 1. The number of fused-ring (bicyclic) bond motifs is 2. The lowest BCUT2D eigenvalue weighted by Gasteiger charge is -2.33. The highest BCUT2D eigenvalue weighted by Crippen LogP contribution is 2.30. The Labute approximate surface area is 196 Å². The predicted octanol–water partition coefficient (Wildman–Crippen LogP) is 3.94. The number of anilines is 1. The van der Waals surface area contributed by atoms with Crippen LogP contribution in [0.15, 0.2) is 34.8 Å². The number of carbonyl (C=O) groups is 1. The molecule has 4 aromatic rings. The van der Waals surface area contributed by atoms with E-state index < -0.39 is 12.1 Å². The van der Waals surface area contributed by atoms with Crippen LogP contribution in [0.1, 0.15) is 37.7 Å². The van der Waals surface area contributed by atoms with Crippen molar-refractivity contribution in [2.75, 3.05) is 18.4 Å². The molecule has 2 N–H and O–H groups in total. The van der Waals surface area contributed by atoms with Gasteiger partial charge in [0.1, 0.15) is 22.5 Å². The summed E-state index contributed by atoms with van der Waals surface area (Å²) in [7, 11) is 0. The Kier molecular flexibility index (Phi) is 5.59. The predicted molar refractivity (Wildman–Crippen MR) is 126 cm³/mol. The Morgan fingerprint density at radius 1 is 1.27 bits per heavy atom. The average molecular weight is 486 g/mol. The maximum absolute atomic E-state index is 13.7. The van der Waals surface area contributed by atoms with Gasteiger partial charge in [-0.05, 0) is 31.9 Å². The van der Waals surface area contributed by atoms with Crippen molar-refractivity contribution in [3.05, 3.63) is 51.2 Å². The van der Waals surface area contributed by atoms with E-state index in [0.717, 1.165) is 4.83 Å². The SMILES string of the molecule is CC(Nc1ncnc2scnc12)c1nc2cccc(Cl)c2c(=O)n1C1CCN(C(=O)O)CC1. The van der Waals surface area contributed by atoms with Crippen molar-refractivity contribution in [1.82, 2.24) is 29.4 Å². The van der Waals surface area contributed by atoms with E-state index in [1.165, 1.54) is 22.6 Å². The molecule has 1 aliphatic heterocycles. The first-order valence-corrected chi connectivity index (χ1v) is 11.7. The van der Waals surface area contributed by atoms with Gasteiger partial charge in [0.15, 0.2) is 5.82 Å². The fraction of sp³-hybridized carbons (Fsp3) is 0.333. The van der Waals surface area contributed by atoms with E-state index in [9.17, 15) is 14.7 Å². The standard InChI is InChI=1S/C21H20ClN7O3S/c1-11(26-17-16-19(24-9-23-17)33-10-25-16)18-27-14-4-2-3-13(22)15(14)20(30)29(18)12-5-7-28(8-6-12)21(31)32/h2-4,9-12H,5-8H2,1H3,(H,31,32)(H,23,24,26). The van der Waals surface area contributed by atoms with Crippen molar-refractivity contribution >= 4 is 56.1 Å². The van der Waals surface area contributed by atoms with E-state index in [0.29, 0.717) is 59.0 Å². The number of carboxylic acid groups (broad SMARTS) is 1. The van der Waals surface area contributed by atoms with Gasteiger partial charge in [-0.25, -0.2) is 24.7 Å². The highest BCUT2D eigenvalue weighted by molar-refractivity contribution is 7.16. The number of halogens is 1. The number of aromatic nitrogens is 5. The van der Waals surface area contributed by atoms with E-state index in [1.54, 1.807) is 28.3 Å². The van der Waals surface area contributed by atoms with E-state index >= 15 is 0 Å². The normalized spacial score (nSPS) is 15.8. The molecule has 170 valence electrons. The average Bonchev–Trinajstić information content (AvgIpc) is 3.29. The van der Waals surface area contributed by atoms with Crippen LogP contribution in [-0.4, -0.2) is 53.7 Å². The second kappa shape index (κ2) is 8.56. The van der Waals surface area contributed by atoms with Crippen molar-refractivity contribution < 1.29 is 9.90 Å². The summed E-state index contributed by atoms with van der Waals surface area (Å²) in [4.78, 5) is 44.8. The van der Waals surface area contributed by atoms with Crippen LogP contribution in [0.2, 0.25) is 5.02 Å². The Bertz CT molecular complexity index is 1410. The highest BCUT2D eigenvalue weighted by atomic mass is 35.5. The maximum Gasteiger partial charge on any atom is 0.407 e. The van der Waals surface area contributed by atoms with Gasteiger partial charge < -0.3 is 15.3 Å². The van der Waals surface area contributed by atoms with Crippen LogP contribution in [0.25, 0.3) is 21.3 Å². The summed E-state index contributed by atoms with van der Waals surface area (Å²) in [6.07, 6.45) is 1.53. The van der Waals surface area contributed by atoms with Crippen molar-refractivity contribution in [3.63, 3.8) is 0 Å². The van der Waals surface area contributed by atoms with Crippen LogP contribution in [0.5, 0.6) is 0 Å². The molecule has 0 spiro atoms. The Balaban J connectivity index is 1.59. The molecule has 12 heteroatoms. The minimum Gasteiger partial charge on any atom is -0.465 e. The number of nitrogens with zero attached hydrogens (tertiary/aromatic N) is 6. The van der Waals surface area contributed by atoms with E-state index in [4.69, 9.17) is 16.6 Å². The smallest absolute Gasteiger partial charge is 0.407 e. The Hall–Kier alpha value is -3.31. The lowest BCUT2D eigenvalue weighted by atomic mass is 10.0. The first-order chi connectivity index (χ1) is 15.9. The third-order valence-electron chi connectivity index (χ3n) is 5.88. The summed E-state index contributed by atoms with van der Waals surface area (Å²) in [5.74, 6) is 1.09. The van der Waals surface area contributed by atoms with Gasteiger partial charge in [0.2, 0.25) is 0 Å². The summed E-state index contributed by atoms with van der Waals surface area (Å²) in [5, 5.41) is 13.3. The number of hydrogen-bond donors (Lipinski definition) is 2. The van der Waals surface area contributed by atoms with Gasteiger partial charge in [0.25, 0.3) is 5.56 Å². The molecule has 33 heavy (non-hydrogen) atoms. The molecule has 0 bridgehead atoms. The Morgan fingerprint density at radius 3 is 2.82 bits per heavy atom. The minimum absolute atomic E-state index is 0.204. The van der Waals surface area contributed by atoms with Gasteiger partial charge in [-0.2, -0.15) is 0 Å². The third kappa shape index (κ3) is 3.87. The van der Waals surface area contributed by atoms with Crippen LogP contribution < -0.4 is 10.9 Å². The molecule has 1 fully saturated rings. The lowest BCUT2D eigenvalue weighted by Crippen LogP contribution is -2.41. The molecule has 4 heterocycles. The van der Waals surface area contributed by atoms with Gasteiger partial charge in [-0.15, -0.1) is 11.3 Å². The topological polar surface area (TPSA) is 126 Å². The zero-order chi connectivity index (χ0) is 23.1. The molecule has 1 unspecified atom stereocenters. The zero-order valence-corrected chi connectivity index (χ0v) is 19.2. The van der Waals surface area contributed by atoms with Crippen LogP contribution in [0, 0.1) is 0 Å². The number of piperidine rings is 1. The molecule has 5 rings (SSSR count). The number of nitrogens with one attached hydrogen (secondary N) is 1. The monoisotopic (exact) mass is 485 g/mol. The highest BCUT2D eigenvalue weighted by Gasteiger charge is 2.29. The molecule has 1 amide bonds. The maximum atomic E-state index is 13.7. The molecule has 0 radical (unpaired) electrons. The third-order valence-corrected chi connectivity index (χ3v) is 6.93. The number of rotatable bonds is 4. The molecule has 1 saturated heterocycles. The molecule has 1 aromatic carbocycles. The quantitative estimate of drug-likeness (QED) is 0.445. The molecule has 3 aromatic heterocycles. The number of benzene rings is 1. The fourth-order valence-electron chi connectivity index (χ4n) is 4.26. The summed E-state index contributed by atoms with van der Waals surface area (Å²) in [5.41, 5.74) is 2.64. The van der Waals surface area contributed by atoms with Gasteiger partial charge in [-0.3, -0.25) is 9.36 Å². The molecule has 0 saturated carbocycles. The molecule has 1 aliphatic rings. The van der Waals surface area contributed by atoms with Gasteiger partial charge >= 0.3 is 6.09 Å². The van der Waals surface area contributed by atoms with Crippen LogP contribution in [0.3, 0.4) is 0 Å². The van der Waals surface area contributed by atoms with Crippen molar-refractivity contribution in [2.45, 2.75) is 31.8 Å². The van der Waals surface area contributed by atoms with E-state index in [2.05, 4.69) is 20.3 Å². The van der Waals surface area contributed by atoms with Crippen LogP contribution in [0.4, 0.5) is 10.6 Å². The number of hydrogen-bond acceptors (Lipinski definition) is 8. The van der Waals surface area contributed by atoms with Crippen molar-refractivity contribution in [1.29, 1.82) is 0 Å². The zero-order valence-electron chi connectivity index (χ0n) is 17.6. The van der Waals surface area contributed by atoms with Crippen LogP contribution in [-0.2, 0) is 0 Å². The first-order valence-electron chi connectivity index (χ1n) is 10.4. The lowest BCUT2D eigenvalue weighted by molar-refractivity contribution is 0.124. The van der Waals surface area contributed by atoms with Crippen LogP contribution >= 0.6 is 22.9 Å². The summed E-state index contributed by atoms with van der Waals surface area (Å²) >= 11 is 7.79. The molecule has 10 nitrogen and oxygen atoms in total. The van der Waals surface area contributed by atoms with Gasteiger partial charge in [0.05, 0.1) is 27.5 Å². The summed E-state index contributed by atoms with van der Waals surface area (Å²) in [6, 6.07) is 4.60. The van der Waals surface area contributed by atoms with Gasteiger partial charge in [-0.1, -0.05) is 17.7 Å². The summed E-state index contributed by atoms with van der Waals surface area (Å²) < 4.78 is 1.67. The number of likely N-dealkylation sites (tertiary alicyclic amines) is 1. The minimum atomic E-state index is -0.952. The largest absolute Gasteiger partial charge is 0.465 e.